The van der Waals surface area contributed by atoms with Gasteiger partial charge in [0.05, 0.1) is 6.04 Å². The first-order valence-electron chi connectivity index (χ1n) is 7.06. The van der Waals surface area contributed by atoms with Crippen LogP contribution in [0.25, 0.3) is 0 Å². The van der Waals surface area contributed by atoms with Gasteiger partial charge in [-0.3, -0.25) is 0 Å². The van der Waals surface area contributed by atoms with Gasteiger partial charge in [-0.2, -0.15) is 4.98 Å². The van der Waals surface area contributed by atoms with Crippen molar-refractivity contribution in [3.8, 4) is 5.75 Å². The van der Waals surface area contributed by atoms with Crippen molar-refractivity contribution in [1.29, 1.82) is 0 Å². The van der Waals surface area contributed by atoms with Gasteiger partial charge in [-0.05, 0) is 37.4 Å². The Morgan fingerprint density at radius 3 is 3.00 bits per heavy atom. The molecular formula is C15H19N3O2. The SMILES string of the molecule is CC1CCCNC1c1nc(COc2ccccc2)no1. The van der Waals surface area contributed by atoms with Gasteiger partial charge in [-0.15, -0.1) is 0 Å². The molecule has 2 heterocycles. The van der Waals surface area contributed by atoms with Crippen LogP contribution >= 0.6 is 0 Å². The minimum Gasteiger partial charge on any atom is -0.485 e. The van der Waals surface area contributed by atoms with E-state index in [1.165, 1.54) is 12.8 Å². The van der Waals surface area contributed by atoms with Gasteiger partial charge in [-0.25, -0.2) is 0 Å². The highest BCUT2D eigenvalue weighted by molar-refractivity contribution is 5.20. The average Bonchev–Trinajstić information content (AvgIpc) is 2.95. The molecule has 1 aromatic carbocycles. The molecule has 1 fully saturated rings. The highest BCUT2D eigenvalue weighted by Crippen LogP contribution is 2.27. The number of ether oxygens (including phenoxy) is 1. The number of para-hydroxylation sites is 1. The first kappa shape index (κ1) is 13.1. The molecule has 0 radical (unpaired) electrons. The van der Waals surface area contributed by atoms with Crippen LogP contribution < -0.4 is 10.1 Å². The van der Waals surface area contributed by atoms with Crippen molar-refractivity contribution in [2.24, 2.45) is 5.92 Å². The summed E-state index contributed by atoms with van der Waals surface area (Å²) in [7, 11) is 0. The molecule has 106 valence electrons. The monoisotopic (exact) mass is 273 g/mol. The molecule has 0 spiro atoms. The summed E-state index contributed by atoms with van der Waals surface area (Å²) in [6, 6.07) is 9.81. The van der Waals surface area contributed by atoms with Crippen molar-refractivity contribution in [2.75, 3.05) is 6.54 Å². The van der Waals surface area contributed by atoms with Crippen LogP contribution in [0.3, 0.4) is 0 Å². The topological polar surface area (TPSA) is 60.2 Å². The Morgan fingerprint density at radius 1 is 1.35 bits per heavy atom. The maximum absolute atomic E-state index is 5.61. The van der Waals surface area contributed by atoms with E-state index >= 15 is 0 Å². The molecule has 0 amide bonds. The standard InChI is InChI=1S/C15H19N3O2/c1-11-6-5-9-16-14(11)15-17-13(18-20-15)10-19-12-7-3-2-4-8-12/h2-4,7-8,11,14,16H,5-6,9-10H2,1H3. The van der Waals surface area contributed by atoms with Crippen LogP contribution in [0.15, 0.2) is 34.9 Å². The maximum atomic E-state index is 5.61. The van der Waals surface area contributed by atoms with Crippen LogP contribution in [-0.2, 0) is 6.61 Å². The third kappa shape index (κ3) is 2.99. The number of nitrogens with zero attached hydrogens (tertiary/aromatic N) is 2. The molecule has 5 nitrogen and oxygen atoms in total. The first-order chi connectivity index (χ1) is 9.83. The van der Waals surface area contributed by atoms with Crippen LogP contribution in [0, 0.1) is 5.92 Å². The number of hydrogen-bond acceptors (Lipinski definition) is 5. The summed E-state index contributed by atoms with van der Waals surface area (Å²) in [5.74, 6) is 2.59. The van der Waals surface area contributed by atoms with Gasteiger partial charge < -0.3 is 14.6 Å². The van der Waals surface area contributed by atoms with E-state index in [9.17, 15) is 0 Å². The van der Waals surface area contributed by atoms with E-state index in [-0.39, 0.29) is 6.04 Å². The molecule has 20 heavy (non-hydrogen) atoms. The van der Waals surface area contributed by atoms with Gasteiger partial charge in [0.25, 0.3) is 0 Å². The van der Waals surface area contributed by atoms with E-state index in [0.29, 0.717) is 24.2 Å². The van der Waals surface area contributed by atoms with Crippen molar-refractivity contribution in [3.63, 3.8) is 0 Å². The largest absolute Gasteiger partial charge is 0.485 e. The second-order valence-corrected chi connectivity index (χ2v) is 5.20. The zero-order valence-electron chi connectivity index (χ0n) is 11.6. The van der Waals surface area contributed by atoms with Gasteiger partial charge >= 0.3 is 0 Å². The second-order valence-electron chi connectivity index (χ2n) is 5.20. The Morgan fingerprint density at radius 2 is 2.20 bits per heavy atom. The number of benzene rings is 1. The predicted molar refractivity (Wildman–Crippen MR) is 74.2 cm³/mol. The van der Waals surface area contributed by atoms with E-state index < -0.39 is 0 Å². The van der Waals surface area contributed by atoms with Gasteiger partial charge in [0.2, 0.25) is 11.7 Å². The summed E-state index contributed by atoms with van der Waals surface area (Å²) < 4.78 is 11.0. The Bertz CT molecular complexity index is 541. The lowest BCUT2D eigenvalue weighted by Crippen LogP contribution is -2.33. The lowest BCUT2D eigenvalue weighted by molar-refractivity contribution is 0.237. The molecule has 1 aliphatic heterocycles. The molecule has 1 aliphatic rings. The van der Waals surface area contributed by atoms with Gasteiger partial charge in [-0.1, -0.05) is 30.3 Å². The van der Waals surface area contributed by atoms with Gasteiger partial charge in [0.1, 0.15) is 5.75 Å². The third-order valence-corrected chi connectivity index (χ3v) is 3.63. The van der Waals surface area contributed by atoms with Crippen molar-refractivity contribution in [2.45, 2.75) is 32.4 Å². The minimum atomic E-state index is 0.168. The average molecular weight is 273 g/mol. The number of rotatable bonds is 4. The van der Waals surface area contributed by atoms with Crippen LogP contribution in [-0.4, -0.2) is 16.7 Å². The fraction of sp³-hybridized carbons (Fsp3) is 0.467. The molecule has 1 aromatic heterocycles. The zero-order valence-corrected chi connectivity index (χ0v) is 11.6. The molecule has 1 saturated heterocycles. The van der Waals surface area contributed by atoms with Crippen molar-refractivity contribution in [1.82, 2.24) is 15.5 Å². The summed E-state index contributed by atoms with van der Waals surface area (Å²) in [6.45, 7) is 3.54. The van der Waals surface area contributed by atoms with Crippen LogP contribution in [0.2, 0.25) is 0 Å². The smallest absolute Gasteiger partial charge is 0.244 e. The lowest BCUT2D eigenvalue weighted by Gasteiger charge is -2.26. The lowest BCUT2D eigenvalue weighted by atomic mass is 9.93. The number of nitrogens with one attached hydrogen (secondary N) is 1. The molecule has 2 atom stereocenters. The Hall–Kier alpha value is -1.88. The molecule has 3 rings (SSSR count). The molecule has 2 aromatic rings. The molecule has 0 bridgehead atoms. The minimum absolute atomic E-state index is 0.168. The van der Waals surface area contributed by atoms with Crippen LogP contribution in [0.1, 0.15) is 37.5 Å². The van der Waals surface area contributed by atoms with Crippen LogP contribution in [0.4, 0.5) is 0 Å². The number of hydrogen-bond donors (Lipinski definition) is 1. The highest BCUT2D eigenvalue weighted by atomic mass is 16.5. The van der Waals surface area contributed by atoms with E-state index in [4.69, 9.17) is 9.26 Å². The summed E-state index contributed by atoms with van der Waals surface area (Å²) in [5.41, 5.74) is 0. The molecular weight excluding hydrogens is 254 g/mol. The number of aromatic nitrogens is 2. The zero-order chi connectivity index (χ0) is 13.8. The molecule has 2 unspecified atom stereocenters. The Labute approximate surface area is 118 Å². The maximum Gasteiger partial charge on any atom is 0.244 e. The molecule has 5 heteroatoms. The molecule has 0 aliphatic carbocycles. The quantitative estimate of drug-likeness (QED) is 0.928. The van der Waals surface area contributed by atoms with E-state index in [2.05, 4.69) is 22.4 Å². The van der Waals surface area contributed by atoms with E-state index in [1.54, 1.807) is 0 Å². The summed E-state index contributed by atoms with van der Waals surface area (Å²) in [6.07, 6.45) is 2.39. The second kappa shape index (κ2) is 6.05. The highest BCUT2D eigenvalue weighted by Gasteiger charge is 2.27. The number of piperidine rings is 1. The van der Waals surface area contributed by atoms with Crippen LogP contribution in [0.5, 0.6) is 5.75 Å². The van der Waals surface area contributed by atoms with Gasteiger partial charge in [0.15, 0.2) is 6.61 Å². The summed E-state index contributed by atoms with van der Waals surface area (Å²) in [5, 5.41) is 7.42. The van der Waals surface area contributed by atoms with Crippen molar-refractivity contribution in [3.05, 3.63) is 42.0 Å². The molecule has 1 N–H and O–H groups in total. The van der Waals surface area contributed by atoms with E-state index in [0.717, 1.165) is 12.3 Å². The third-order valence-electron chi connectivity index (χ3n) is 3.63. The first-order valence-corrected chi connectivity index (χ1v) is 7.06. The van der Waals surface area contributed by atoms with Gasteiger partial charge in [0, 0.05) is 0 Å². The normalized spacial score (nSPS) is 22.6. The fourth-order valence-corrected chi connectivity index (χ4v) is 2.50. The predicted octanol–water partition coefficient (Wildman–Crippen LogP) is 2.71. The molecule has 0 saturated carbocycles. The van der Waals surface area contributed by atoms with E-state index in [1.807, 2.05) is 30.3 Å². The summed E-state index contributed by atoms with van der Waals surface area (Å²) in [4.78, 5) is 4.43. The van der Waals surface area contributed by atoms with Crippen molar-refractivity contribution < 1.29 is 9.26 Å². The summed E-state index contributed by atoms with van der Waals surface area (Å²) >= 11 is 0. The fourth-order valence-electron chi connectivity index (χ4n) is 2.50. The Balaban J connectivity index is 1.62. The Kier molecular flexibility index (Phi) is 3.97. The van der Waals surface area contributed by atoms with Crippen molar-refractivity contribution >= 4 is 0 Å².